The SMILES string of the molecule is Cc1nc2ncc(C(=O)N3CCC(C)C(CNc4cncc(Cl)n4)C3)cc2[nH]1. The maximum atomic E-state index is 13.0. The Bertz CT molecular complexity index is 1000. The molecule has 2 unspecified atom stereocenters. The topological polar surface area (TPSA) is 99.7 Å². The predicted molar refractivity (Wildman–Crippen MR) is 107 cm³/mol. The summed E-state index contributed by atoms with van der Waals surface area (Å²) in [5.74, 6) is 2.24. The lowest BCUT2D eigenvalue weighted by molar-refractivity contribution is 0.0622. The van der Waals surface area contributed by atoms with E-state index in [1.807, 2.05) is 17.9 Å². The van der Waals surface area contributed by atoms with Crippen molar-refractivity contribution in [3.05, 3.63) is 41.2 Å². The van der Waals surface area contributed by atoms with Crippen molar-refractivity contribution in [3.8, 4) is 0 Å². The number of hydrogen-bond donors (Lipinski definition) is 2. The lowest BCUT2D eigenvalue weighted by Gasteiger charge is -2.37. The first-order valence-electron chi connectivity index (χ1n) is 9.32. The molecule has 9 heteroatoms. The third-order valence-electron chi connectivity index (χ3n) is 5.25. The Morgan fingerprint density at radius 3 is 3.04 bits per heavy atom. The monoisotopic (exact) mass is 399 g/mol. The van der Waals surface area contributed by atoms with Gasteiger partial charge in [0.1, 0.15) is 16.8 Å². The molecule has 1 aliphatic rings. The minimum absolute atomic E-state index is 0.00102. The molecule has 1 aliphatic heterocycles. The molecule has 0 aliphatic carbocycles. The number of imidazole rings is 1. The quantitative estimate of drug-likeness (QED) is 0.699. The van der Waals surface area contributed by atoms with Crippen molar-refractivity contribution in [1.29, 1.82) is 0 Å². The number of fused-ring (bicyclic) bond motifs is 1. The highest BCUT2D eigenvalue weighted by Gasteiger charge is 2.29. The van der Waals surface area contributed by atoms with Gasteiger partial charge in [-0.25, -0.2) is 15.0 Å². The van der Waals surface area contributed by atoms with Gasteiger partial charge in [0.2, 0.25) is 0 Å². The number of hydrogen-bond acceptors (Lipinski definition) is 6. The summed E-state index contributed by atoms with van der Waals surface area (Å²) in [6.45, 7) is 6.22. The molecule has 28 heavy (non-hydrogen) atoms. The van der Waals surface area contributed by atoms with Crippen LogP contribution in [0.15, 0.2) is 24.7 Å². The van der Waals surface area contributed by atoms with E-state index in [4.69, 9.17) is 11.6 Å². The van der Waals surface area contributed by atoms with Crippen LogP contribution in [0.4, 0.5) is 5.82 Å². The number of aromatic nitrogens is 5. The van der Waals surface area contributed by atoms with Crippen molar-refractivity contribution < 1.29 is 4.79 Å². The minimum Gasteiger partial charge on any atom is -0.368 e. The molecule has 1 fully saturated rings. The molecule has 3 aromatic heterocycles. The van der Waals surface area contributed by atoms with Crippen LogP contribution in [0.5, 0.6) is 0 Å². The maximum absolute atomic E-state index is 13.0. The van der Waals surface area contributed by atoms with E-state index in [-0.39, 0.29) is 5.91 Å². The molecular formula is C19H22ClN7O. The number of anilines is 1. The maximum Gasteiger partial charge on any atom is 0.255 e. The summed E-state index contributed by atoms with van der Waals surface area (Å²) in [7, 11) is 0. The second-order valence-corrected chi connectivity index (χ2v) is 7.69. The van der Waals surface area contributed by atoms with E-state index in [1.165, 1.54) is 6.20 Å². The molecule has 1 amide bonds. The fourth-order valence-electron chi connectivity index (χ4n) is 3.58. The number of nitrogens with zero attached hydrogens (tertiary/aromatic N) is 5. The molecule has 3 aromatic rings. The number of halogens is 1. The molecule has 0 radical (unpaired) electrons. The largest absolute Gasteiger partial charge is 0.368 e. The molecule has 1 saturated heterocycles. The van der Waals surface area contributed by atoms with Crippen molar-refractivity contribution in [1.82, 2.24) is 29.8 Å². The summed E-state index contributed by atoms with van der Waals surface area (Å²) in [6, 6.07) is 1.83. The number of H-pyrrole nitrogens is 1. The molecule has 0 bridgehead atoms. The average Bonchev–Trinajstić information content (AvgIpc) is 3.06. The highest BCUT2D eigenvalue weighted by molar-refractivity contribution is 6.29. The first kappa shape index (κ1) is 18.6. The van der Waals surface area contributed by atoms with Crippen LogP contribution in [0.3, 0.4) is 0 Å². The van der Waals surface area contributed by atoms with Gasteiger partial charge in [0.25, 0.3) is 5.91 Å². The van der Waals surface area contributed by atoms with Gasteiger partial charge in [0.05, 0.1) is 23.5 Å². The van der Waals surface area contributed by atoms with E-state index < -0.39 is 0 Å². The van der Waals surface area contributed by atoms with Crippen LogP contribution in [-0.4, -0.2) is 55.4 Å². The number of rotatable bonds is 4. The lowest BCUT2D eigenvalue weighted by Crippen LogP contribution is -2.45. The Labute approximate surface area is 167 Å². The zero-order chi connectivity index (χ0) is 19.7. The number of pyridine rings is 1. The van der Waals surface area contributed by atoms with Gasteiger partial charge in [-0.15, -0.1) is 0 Å². The second-order valence-electron chi connectivity index (χ2n) is 7.30. The van der Waals surface area contributed by atoms with Crippen LogP contribution in [0.2, 0.25) is 5.15 Å². The normalized spacial score (nSPS) is 19.8. The fraction of sp³-hybridized carbons (Fsp3) is 0.421. The van der Waals surface area contributed by atoms with Gasteiger partial charge >= 0.3 is 0 Å². The summed E-state index contributed by atoms with van der Waals surface area (Å²) in [4.78, 5) is 34.9. The zero-order valence-electron chi connectivity index (χ0n) is 15.8. The molecule has 146 valence electrons. The van der Waals surface area contributed by atoms with Crippen molar-refractivity contribution in [3.63, 3.8) is 0 Å². The summed E-state index contributed by atoms with van der Waals surface area (Å²) in [6.07, 6.45) is 5.72. The Balaban J connectivity index is 1.44. The van der Waals surface area contributed by atoms with Gasteiger partial charge in [-0.2, -0.15) is 0 Å². The van der Waals surface area contributed by atoms with Crippen LogP contribution < -0.4 is 5.32 Å². The Morgan fingerprint density at radius 2 is 2.21 bits per heavy atom. The standard InChI is InChI=1S/C19H22ClN7O/c1-11-3-4-27(10-14(11)7-22-17-9-21-8-16(20)26-17)19(28)13-5-15-18(23-6-13)25-12(2)24-15/h5-6,8-9,11,14H,3-4,7,10H2,1-2H3,(H,22,26)(H,23,24,25). The molecule has 2 N–H and O–H groups in total. The first-order valence-corrected chi connectivity index (χ1v) is 9.70. The third kappa shape index (κ3) is 3.91. The fourth-order valence-corrected chi connectivity index (χ4v) is 3.73. The van der Waals surface area contributed by atoms with Crippen molar-refractivity contribution >= 4 is 34.5 Å². The van der Waals surface area contributed by atoms with Gasteiger partial charge in [0.15, 0.2) is 5.65 Å². The number of likely N-dealkylation sites (tertiary alicyclic amines) is 1. The zero-order valence-corrected chi connectivity index (χ0v) is 16.6. The summed E-state index contributed by atoms with van der Waals surface area (Å²) in [5.41, 5.74) is 2.00. The Morgan fingerprint density at radius 1 is 1.36 bits per heavy atom. The number of aromatic amines is 1. The van der Waals surface area contributed by atoms with Gasteiger partial charge in [-0.3, -0.25) is 9.78 Å². The Hall–Kier alpha value is -2.74. The molecular weight excluding hydrogens is 378 g/mol. The van der Waals surface area contributed by atoms with E-state index in [9.17, 15) is 4.79 Å². The van der Waals surface area contributed by atoms with E-state index in [2.05, 4.69) is 37.2 Å². The summed E-state index contributed by atoms with van der Waals surface area (Å²) in [5, 5.41) is 3.65. The third-order valence-corrected chi connectivity index (χ3v) is 5.44. The van der Waals surface area contributed by atoms with Crippen LogP contribution in [0.1, 0.15) is 29.5 Å². The number of nitrogens with one attached hydrogen (secondary N) is 2. The highest BCUT2D eigenvalue weighted by Crippen LogP contribution is 2.25. The van der Waals surface area contributed by atoms with E-state index >= 15 is 0 Å². The molecule has 2 atom stereocenters. The van der Waals surface area contributed by atoms with Crippen molar-refractivity contribution in [2.75, 3.05) is 25.0 Å². The van der Waals surface area contributed by atoms with Crippen LogP contribution in [-0.2, 0) is 0 Å². The minimum atomic E-state index is 0.00102. The molecule has 4 rings (SSSR count). The van der Waals surface area contributed by atoms with Crippen LogP contribution in [0, 0.1) is 18.8 Å². The summed E-state index contributed by atoms with van der Waals surface area (Å²) >= 11 is 5.89. The van der Waals surface area contributed by atoms with Crippen molar-refractivity contribution in [2.24, 2.45) is 11.8 Å². The molecule has 8 nitrogen and oxygen atoms in total. The smallest absolute Gasteiger partial charge is 0.255 e. The number of carbonyl (C=O) groups excluding carboxylic acids is 1. The van der Waals surface area contributed by atoms with E-state index in [1.54, 1.807) is 12.4 Å². The highest BCUT2D eigenvalue weighted by atomic mass is 35.5. The second kappa shape index (κ2) is 7.71. The molecule has 0 saturated carbocycles. The predicted octanol–water partition coefficient (Wildman–Crippen LogP) is 2.92. The van der Waals surface area contributed by atoms with E-state index in [0.717, 1.165) is 24.3 Å². The number of aryl methyl sites for hydroxylation is 1. The lowest BCUT2D eigenvalue weighted by atomic mass is 9.86. The van der Waals surface area contributed by atoms with Gasteiger partial charge in [-0.1, -0.05) is 18.5 Å². The summed E-state index contributed by atoms with van der Waals surface area (Å²) < 4.78 is 0. The molecule has 4 heterocycles. The number of piperidine rings is 1. The number of amides is 1. The van der Waals surface area contributed by atoms with Crippen molar-refractivity contribution in [2.45, 2.75) is 20.3 Å². The average molecular weight is 400 g/mol. The Kier molecular flexibility index (Phi) is 5.13. The molecule has 0 spiro atoms. The van der Waals surface area contributed by atoms with Gasteiger partial charge in [-0.05, 0) is 31.2 Å². The molecule has 0 aromatic carbocycles. The van der Waals surface area contributed by atoms with Crippen LogP contribution in [0.25, 0.3) is 11.2 Å². The van der Waals surface area contributed by atoms with Gasteiger partial charge in [0, 0.05) is 25.8 Å². The van der Waals surface area contributed by atoms with Gasteiger partial charge < -0.3 is 15.2 Å². The van der Waals surface area contributed by atoms with Crippen LogP contribution >= 0.6 is 11.6 Å². The first-order chi connectivity index (χ1) is 13.5. The van der Waals surface area contributed by atoms with E-state index in [0.29, 0.717) is 47.1 Å². The number of carbonyl (C=O) groups is 1.